The number of anilines is 8. The Labute approximate surface area is 775 Å². The Morgan fingerprint density at radius 2 is 0.703 bits per heavy atom. The largest absolute Gasteiger partial charge is 0.490 e. The molecule has 0 aliphatic carbocycles. The van der Waals surface area contributed by atoms with E-state index in [4.69, 9.17) is 111 Å². The number of hydrogen-bond acceptors (Lipinski definition) is 45. The highest BCUT2D eigenvalue weighted by Crippen LogP contribution is 2.67. The van der Waals surface area contributed by atoms with Gasteiger partial charge in [0, 0.05) is 56.4 Å². The van der Waals surface area contributed by atoms with Crippen LogP contribution in [0.4, 0.5) is 64.6 Å². The van der Waals surface area contributed by atoms with Crippen LogP contribution in [0.5, 0.6) is 5.75 Å². The van der Waals surface area contributed by atoms with Crippen LogP contribution in [-0.2, 0) is 91.5 Å². The molecule has 4 fully saturated rings. The minimum atomic E-state index is -5.79. The standard InChI is InChI=1S/C26H33FN7O7P.C14H20FN6O12P3.C14H19FN6O9P2.C14H18FN6O6P/c1-7-26(27)20(35)18(40-24(26)34-14-29-19-21(33(5)6)30-25(28)31-22(19)34)13-38-42(37,41-17-11-9-8-10-12-17)32-16(4)23(36)39-15(2)3;1-4-14(15)9(22)7(5-30-35(26,27)33-36(28,29)32-34(23,24)25)31-12(14)21-6-17-8-10(20(2)3)18-13(16)19-11(8)21;1-4-14(15)9(22)7(5-28-32(26,27)30-31(23,24)25)29-12(14)21-6-17-8-10(20(2)3)18-13(16)19-11(8)21;1-4-14(15)9(22)7(5-26-28(23,24)25)27-12(14)21-6-17-8-10(20(2)3)18-13(16)19-11(8)21/h1,8-12,14-16,18,20,24,35H,13H2,2-6H3,(H,32,37)(H2,28,30,31);1,6-7,9,12,22H,5H2,2-3H3,(H,26,27)(H,28,29)(H2,16,18,19)(H2,23,24,25);1,6-7,9,12,22H,5H2,2-3H3,(H,26,27)(H2,16,18,19)(H2,23,24,25);1,6-7,9,12,22H,5H2,2-3H3,(H2,16,18,19)(H2,23,24,25)/t16-,18+,20+,24+,26+,42-;3*7-,9-,12-,14-/m0111/s1. The first-order valence-corrected chi connectivity index (χ1v) is 49.3. The van der Waals surface area contributed by atoms with E-state index in [1.165, 1.54) is 36.3 Å². The van der Waals surface area contributed by atoms with E-state index in [1.807, 2.05) is 11.8 Å². The zero-order chi connectivity index (χ0) is 103. The lowest BCUT2D eigenvalue weighted by Crippen LogP contribution is -2.42. The van der Waals surface area contributed by atoms with E-state index in [2.05, 4.69) is 91.4 Å². The summed E-state index contributed by atoms with van der Waals surface area (Å²) < 4.78 is 211. The van der Waals surface area contributed by atoms with Crippen molar-refractivity contribution in [2.24, 2.45) is 0 Å². The summed E-state index contributed by atoms with van der Waals surface area (Å²) in [7, 11) is -23.4. The number of aliphatic hydroxyl groups excluding tert-OH is 4. The summed E-state index contributed by atoms with van der Waals surface area (Å²) in [5.74, 6) is 7.54. The van der Waals surface area contributed by atoms with Crippen molar-refractivity contribution in [1.29, 1.82) is 0 Å². The number of benzene rings is 1. The maximum absolute atomic E-state index is 16.2. The third kappa shape index (κ3) is 24.6. The average molecular weight is 2090 g/mol. The number of imidazole rings is 4. The summed E-state index contributed by atoms with van der Waals surface area (Å²) in [5, 5.41) is 44.6. The molecule has 4 aliphatic rings. The molecule has 138 heavy (non-hydrogen) atoms. The van der Waals surface area contributed by atoms with Gasteiger partial charge in [-0.2, -0.15) is 57.9 Å². The highest BCUT2D eigenvalue weighted by molar-refractivity contribution is 7.66. The fraction of sp³-hybridized carbons (Fsp3) is 0.485. The molecule has 3 unspecified atom stereocenters. The number of nitrogen functional groups attached to an aromatic ring is 4. The Bertz CT molecular complexity index is 6540. The second-order valence-corrected chi connectivity index (χ2v) is 40.8. The van der Waals surface area contributed by atoms with E-state index in [1.54, 1.807) is 120 Å². The maximum Gasteiger partial charge on any atom is 0.490 e. The van der Waals surface area contributed by atoms with Gasteiger partial charge in [-0.3, -0.25) is 41.2 Å². The molecule has 0 spiro atoms. The van der Waals surface area contributed by atoms with E-state index < -0.39 is 196 Å². The van der Waals surface area contributed by atoms with Crippen LogP contribution < -0.4 is 52.1 Å². The fourth-order valence-electron chi connectivity index (χ4n) is 13.3. The molecule has 0 radical (unpaired) electrons. The number of phosphoric acid groups is 6. The van der Waals surface area contributed by atoms with E-state index in [-0.39, 0.29) is 74.5 Å². The van der Waals surface area contributed by atoms with Gasteiger partial charge in [0.15, 0.2) is 92.8 Å². The van der Waals surface area contributed by atoms with Gasteiger partial charge in [0.1, 0.15) is 60.6 Å². The number of nitrogens with zero attached hydrogens (tertiary/aromatic N) is 20. The number of para-hydroxylation sites is 1. The van der Waals surface area contributed by atoms with Crippen LogP contribution in [0.3, 0.4) is 0 Å². The van der Waals surface area contributed by atoms with Crippen molar-refractivity contribution >= 4 is 152 Å². The zero-order valence-corrected chi connectivity index (χ0v) is 79.5. The predicted octanol–water partition coefficient (Wildman–Crippen LogP) is 0.110. The molecule has 4 aliphatic heterocycles. The maximum atomic E-state index is 16.2. The average Bonchev–Trinajstić information content (AvgIpc) is 1.60. The molecule has 13 rings (SSSR count). The quantitative estimate of drug-likeness (QED) is 0.0115. The minimum Gasteiger partial charge on any atom is -0.462 e. The Kier molecular flexibility index (Phi) is 33.2. The van der Waals surface area contributed by atoms with Crippen LogP contribution in [0.15, 0.2) is 55.6 Å². The molecule has 0 bridgehead atoms. The van der Waals surface area contributed by atoms with Gasteiger partial charge < -0.3 is 135 Å². The lowest BCUT2D eigenvalue weighted by Gasteiger charge is -2.25. The van der Waals surface area contributed by atoms with Crippen molar-refractivity contribution in [2.75, 3.05) is 125 Å². The summed E-state index contributed by atoms with van der Waals surface area (Å²) in [6, 6.07) is 6.93. The van der Waals surface area contributed by atoms with Gasteiger partial charge in [0.2, 0.25) is 46.5 Å². The number of alkyl halides is 4. The third-order valence-corrected chi connectivity index (χ3v) is 27.4. The van der Waals surface area contributed by atoms with Crippen molar-refractivity contribution in [3.8, 4) is 55.1 Å². The van der Waals surface area contributed by atoms with Crippen LogP contribution >= 0.6 is 54.7 Å². The number of phosphoric ester groups is 3. The van der Waals surface area contributed by atoms with Crippen LogP contribution in [0.1, 0.15) is 45.7 Å². The number of rotatable bonds is 32. The van der Waals surface area contributed by atoms with E-state index in [0.29, 0.717) is 23.0 Å². The smallest absolute Gasteiger partial charge is 0.462 e. The molecule has 59 nitrogen and oxygen atoms in total. The molecule has 12 heterocycles. The first kappa shape index (κ1) is 110. The molecule has 9 aromatic rings. The fourth-order valence-corrected chi connectivity index (χ4v) is 19.8. The Hall–Kier alpha value is -10.3. The number of fused-ring (bicyclic) bond motifs is 4. The van der Waals surface area contributed by atoms with E-state index in [9.17, 15) is 71.9 Å². The van der Waals surface area contributed by atoms with Gasteiger partial charge in [-0.05, 0) is 32.9 Å². The first-order chi connectivity index (χ1) is 63.8. The van der Waals surface area contributed by atoms with Crippen molar-refractivity contribution in [3.63, 3.8) is 0 Å². The molecule has 21 atom stereocenters. The van der Waals surface area contributed by atoms with Gasteiger partial charge in [0.05, 0.1) is 57.8 Å². The molecule has 0 saturated carbocycles. The minimum absolute atomic E-state index is 0.0231. The first-order valence-electron chi connectivity index (χ1n) is 38.7. The molecular weight excluding hydrogens is 2000 g/mol. The Morgan fingerprint density at radius 3 is 0.964 bits per heavy atom. The van der Waals surface area contributed by atoms with Crippen LogP contribution in [-0.4, -0.2) is 315 Å². The van der Waals surface area contributed by atoms with E-state index in [0.717, 1.165) is 26.4 Å². The molecule has 0 amide bonds. The van der Waals surface area contributed by atoms with Gasteiger partial charge in [-0.15, -0.1) is 25.7 Å². The van der Waals surface area contributed by atoms with Gasteiger partial charge >= 0.3 is 60.7 Å². The van der Waals surface area contributed by atoms with Gasteiger partial charge in [0.25, 0.3) is 0 Å². The van der Waals surface area contributed by atoms with Crippen LogP contribution in [0.2, 0.25) is 0 Å². The number of halogens is 4. The number of carbonyl (C=O) groups is 1. The molecule has 754 valence electrons. The number of terminal acetylenes is 4. The second kappa shape index (κ2) is 41.8. The number of aromatic nitrogens is 16. The molecular formula is C68H90F4N25O34P7. The molecule has 22 N–H and O–H groups in total. The van der Waals surface area contributed by atoms with E-state index >= 15 is 17.6 Å². The number of ether oxygens (including phenoxy) is 5. The number of aliphatic hydroxyl groups is 4. The van der Waals surface area contributed by atoms with Crippen molar-refractivity contribution in [2.45, 2.75) is 129 Å². The SMILES string of the molecule is C#C[C@@]1(F)[C@H](O)[C@@H](COP(=O)(O)O)O[C@H]1n1cnc2c(N(C)C)nc(N)nc21.C#C[C@@]1(F)[C@H](O)[C@@H](COP(=O)(O)OP(=O)(O)O)O[C@H]1n1cnc2c(N(C)C)nc(N)nc21.C#C[C@@]1(F)[C@H](O)[C@@H](COP(=O)(O)OP(=O)(O)OP(=O)(O)O)O[C@H]1n1cnc2c(N(C)C)nc(N)nc21.C#C[C@@]1(F)[C@H](O)[C@@H](CO[P@@](=O)(N[C@@H](C)C(=O)OC(C)C)Oc2ccccc2)O[C@H]1n1cnc2c(N(C)C)nc(N)nc21. The van der Waals surface area contributed by atoms with Crippen molar-refractivity contribution in [3.05, 3.63) is 55.6 Å². The monoisotopic (exact) mass is 2090 g/mol. The highest BCUT2D eigenvalue weighted by atomic mass is 31.3. The summed E-state index contributed by atoms with van der Waals surface area (Å²) >= 11 is 0. The lowest BCUT2D eigenvalue weighted by atomic mass is 9.97. The molecule has 4 saturated heterocycles. The number of nitrogens with one attached hydrogen (secondary N) is 1. The summed E-state index contributed by atoms with van der Waals surface area (Å²) in [6.07, 6.45) is 4.43. The Balaban J connectivity index is 0.000000192. The highest BCUT2D eigenvalue weighted by Gasteiger charge is 2.63. The Morgan fingerprint density at radius 1 is 0.435 bits per heavy atom. The van der Waals surface area contributed by atoms with Gasteiger partial charge in [-0.1, -0.05) is 41.9 Å². The number of esters is 1. The topological polar surface area (TPSA) is 823 Å². The van der Waals surface area contributed by atoms with Crippen LogP contribution in [0.25, 0.3) is 44.7 Å². The predicted molar refractivity (Wildman–Crippen MR) is 468 cm³/mol. The number of carbonyl (C=O) groups excluding carboxylic acids is 1. The second-order valence-electron chi connectivity index (χ2n) is 30.6. The normalized spacial score (nSPS) is 26.8. The number of hydrogen-bond donors (Lipinski definition) is 18. The van der Waals surface area contributed by atoms with Crippen LogP contribution in [0, 0.1) is 49.4 Å². The summed E-state index contributed by atoms with van der Waals surface area (Å²) in [5.41, 5.74) is 12.8. The summed E-state index contributed by atoms with van der Waals surface area (Å²) in [4.78, 5) is 148. The van der Waals surface area contributed by atoms with Crippen molar-refractivity contribution in [1.82, 2.24) is 83.2 Å². The number of nitrogens with two attached hydrogens (primary N) is 4. The summed E-state index contributed by atoms with van der Waals surface area (Å²) in [6.45, 7) is 1.14. The molecule has 8 aromatic heterocycles. The third-order valence-electron chi connectivity index (χ3n) is 19.3. The molecule has 1 aromatic carbocycles. The van der Waals surface area contributed by atoms with Crippen molar-refractivity contribution < 1.29 is 178 Å². The lowest BCUT2D eigenvalue weighted by molar-refractivity contribution is -0.149. The molecule has 70 heteroatoms. The zero-order valence-electron chi connectivity index (χ0n) is 73.2. The van der Waals surface area contributed by atoms with Gasteiger partial charge in [-0.25, -0.2) is 69.5 Å².